The van der Waals surface area contributed by atoms with Gasteiger partial charge in [0.1, 0.15) is 0 Å². The fraction of sp³-hybridized carbons (Fsp3) is 0.286. The van der Waals surface area contributed by atoms with Crippen LogP contribution in [0.2, 0.25) is 0 Å². The molecule has 1 nitrogen and oxygen atoms in total. The van der Waals surface area contributed by atoms with Gasteiger partial charge in [0, 0.05) is 15.0 Å². The number of nitrogens with one attached hydrogen (secondary N) is 1. The van der Waals surface area contributed by atoms with Gasteiger partial charge in [-0.1, -0.05) is 15.9 Å². The highest BCUT2D eigenvalue weighted by Crippen LogP contribution is 2.31. The SMILES string of the molecule is Cc1cc(NC(C)c2ccc(Br)s2)cc(C)c1Br. The Balaban J connectivity index is 2.19. The Morgan fingerprint density at radius 2 is 1.72 bits per heavy atom. The molecule has 96 valence electrons. The lowest BCUT2D eigenvalue weighted by Gasteiger charge is -2.16. The topological polar surface area (TPSA) is 12.0 Å². The largest absolute Gasteiger partial charge is 0.378 e. The van der Waals surface area contributed by atoms with Gasteiger partial charge in [0.05, 0.1) is 9.83 Å². The molecule has 1 N–H and O–H groups in total. The van der Waals surface area contributed by atoms with Crippen LogP contribution in [-0.2, 0) is 0 Å². The van der Waals surface area contributed by atoms with Crippen LogP contribution in [0.15, 0.2) is 32.5 Å². The van der Waals surface area contributed by atoms with Crippen LogP contribution in [0.4, 0.5) is 5.69 Å². The van der Waals surface area contributed by atoms with E-state index < -0.39 is 0 Å². The van der Waals surface area contributed by atoms with Gasteiger partial charge >= 0.3 is 0 Å². The molecule has 0 aliphatic carbocycles. The first-order chi connectivity index (χ1) is 8.47. The Hall–Kier alpha value is -0.320. The van der Waals surface area contributed by atoms with Crippen molar-refractivity contribution in [1.82, 2.24) is 0 Å². The molecular formula is C14H15Br2NS. The van der Waals surface area contributed by atoms with Gasteiger partial charge in [-0.05, 0) is 72.1 Å². The summed E-state index contributed by atoms with van der Waals surface area (Å²) in [6, 6.07) is 8.93. The highest BCUT2D eigenvalue weighted by Gasteiger charge is 2.09. The molecule has 0 saturated carbocycles. The average molecular weight is 389 g/mol. The maximum atomic E-state index is 3.60. The van der Waals surface area contributed by atoms with Crippen molar-refractivity contribution in [1.29, 1.82) is 0 Å². The van der Waals surface area contributed by atoms with Crippen LogP contribution >= 0.6 is 43.2 Å². The minimum Gasteiger partial charge on any atom is -0.378 e. The van der Waals surface area contributed by atoms with Crippen molar-refractivity contribution in [2.45, 2.75) is 26.8 Å². The first-order valence-electron chi connectivity index (χ1n) is 5.76. The van der Waals surface area contributed by atoms with Gasteiger partial charge in [0.2, 0.25) is 0 Å². The number of rotatable bonds is 3. The summed E-state index contributed by atoms with van der Waals surface area (Å²) in [6.45, 7) is 6.42. The summed E-state index contributed by atoms with van der Waals surface area (Å²) in [5.74, 6) is 0. The van der Waals surface area contributed by atoms with Crippen LogP contribution in [0, 0.1) is 13.8 Å². The van der Waals surface area contributed by atoms with E-state index in [2.05, 4.69) is 82.2 Å². The smallest absolute Gasteiger partial charge is 0.0702 e. The monoisotopic (exact) mass is 387 g/mol. The molecule has 1 aromatic carbocycles. The van der Waals surface area contributed by atoms with Gasteiger partial charge in [0.15, 0.2) is 0 Å². The molecule has 0 aliphatic heterocycles. The number of aryl methyl sites for hydroxylation is 2. The molecule has 1 unspecified atom stereocenters. The van der Waals surface area contributed by atoms with E-state index in [4.69, 9.17) is 0 Å². The molecule has 0 radical (unpaired) electrons. The lowest BCUT2D eigenvalue weighted by molar-refractivity contribution is 0.907. The van der Waals surface area contributed by atoms with Gasteiger partial charge in [0.25, 0.3) is 0 Å². The maximum Gasteiger partial charge on any atom is 0.0702 e. The first kappa shape index (κ1) is 14.1. The molecule has 1 atom stereocenters. The number of anilines is 1. The van der Waals surface area contributed by atoms with E-state index in [1.165, 1.54) is 30.0 Å². The molecule has 4 heteroatoms. The molecule has 0 bridgehead atoms. The van der Waals surface area contributed by atoms with Crippen LogP contribution in [-0.4, -0.2) is 0 Å². The van der Waals surface area contributed by atoms with Crippen molar-refractivity contribution in [3.63, 3.8) is 0 Å². The highest BCUT2D eigenvalue weighted by atomic mass is 79.9. The fourth-order valence-corrected chi connectivity index (χ4v) is 3.57. The highest BCUT2D eigenvalue weighted by molar-refractivity contribution is 9.11. The van der Waals surface area contributed by atoms with Gasteiger partial charge < -0.3 is 5.32 Å². The summed E-state index contributed by atoms with van der Waals surface area (Å²) in [5, 5.41) is 3.55. The molecule has 2 aromatic rings. The van der Waals surface area contributed by atoms with Crippen LogP contribution in [0.25, 0.3) is 0 Å². The van der Waals surface area contributed by atoms with E-state index in [9.17, 15) is 0 Å². The van der Waals surface area contributed by atoms with Crippen molar-refractivity contribution in [2.24, 2.45) is 0 Å². The molecule has 18 heavy (non-hydrogen) atoms. The van der Waals surface area contributed by atoms with Gasteiger partial charge in [-0.3, -0.25) is 0 Å². The van der Waals surface area contributed by atoms with Crippen molar-refractivity contribution in [3.8, 4) is 0 Å². The third-order valence-corrected chi connectivity index (χ3v) is 5.90. The zero-order valence-corrected chi connectivity index (χ0v) is 14.5. The molecule has 0 spiro atoms. The molecule has 1 heterocycles. The van der Waals surface area contributed by atoms with E-state index in [-0.39, 0.29) is 0 Å². The summed E-state index contributed by atoms with van der Waals surface area (Å²) in [6.07, 6.45) is 0. The Kier molecular flexibility index (Phi) is 4.51. The Bertz CT molecular complexity index is 540. The molecule has 2 rings (SSSR count). The van der Waals surface area contributed by atoms with E-state index in [1.54, 1.807) is 11.3 Å². The molecule has 0 fully saturated rings. The Morgan fingerprint density at radius 3 is 2.22 bits per heavy atom. The quantitative estimate of drug-likeness (QED) is 0.673. The van der Waals surface area contributed by atoms with Crippen LogP contribution in [0.3, 0.4) is 0 Å². The minimum atomic E-state index is 0.321. The maximum absolute atomic E-state index is 3.60. The normalized spacial score (nSPS) is 12.5. The molecular weight excluding hydrogens is 374 g/mol. The lowest BCUT2D eigenvalue weighted by Crippen LogP contribution is -2.05. The van der Waals surface area contributed by atoms with Crippen LogP contribution < -0.4 is 5.32 Å². The van der Waals surface area contributed by atoms with Crippen LogP contribution in [0.5, 0.6) is 0 Å². The van der Waals surface area contributed by atoms with Crippen molar-refractivity contribution >= 4 is 48.9 Å². The summed E-state index contributed by atoms with van der Waals surface area (Å²) in [4.78, 5) is 1.33. The molecule has 0 amide bonds. The predicted molar refractivity (Wildman–Crippen MR) is 87.7 cm³/mol. The van der Waals surface area contributed by atoms with Crippen molar-refractivity contribution in [3.05, 3.63) is 48.5 Å². The van der Waals surface area contributed by atoms with Crippen molar-refractivity contribution in [2.75, 3.05) is 5.32 Å². The lowest BCUT2D eigenvalue weighted by atomic mass is 10.1. The first-order valence-corrected chi connectivity index (χ1v) is 8.16. The number of benzene rings is 1. The predicted octanol–water partition coefficient (Wildman–Crippen LogP) is 6.06. The van der Waals surface area contributed by atoms with E-state index in [1.807, 2.05) is 0 Å². The van der Waals surface area contributed by atoms with E-state index >= 15 is 0 Å². The second kappa shape index (κ2) is 5.76. The summed E-state index contributed by atoms with van der Waals surface area (Å²) >= 11 is 8.87. The van der Waals surface area contributed by atoms with E-state index in [0.29, 0.717) is 6.04 Å². The number of hydrogen-bond acceptors (Lipinski definition) is 2. The van der Waals surface area contributed by atoms with Gasteiger partial charge in [-0.2, -0.15) is 0 Å². The summed E-state index contributed by atoms with van der Waals surface area (Å²) in [7, 11) is 0. The minimum absolute atomic E-state index is 0.321. The second-order valence-electron chi connectivity index (χ2n) is 4.43. The van der Waals surface area contributed by atoms with Crippen molar-refractivity contribution < 1.29 is 0 Å². The molecule has 0 saturated heterocycles. The molecule has 1 aromatic heterocycles. The average Bonchev–Trinajstić information content (AvgIpc) is 2.72. The zero-order valence-electron chi connectivity index (χ0n) is 10.6. The number of halogens is 2. The van der Waals surface area contributed by atoms with E-state index in [0.717, 1.165) is 0 Å². The number of hydrogen-bond donors (Lipinski definition) is 1. The summed E-state index contributed by atoms with van der Waals surface area (Å²) in [5.41, 5.74) is 3.69. The standard InChI is InChI=1S/C14H15Br2NS/c1-8-6-11(7-9(2)14(8)16)17-10(3)12-4-5-13(15)18-12/h4-7,10,17H,1-3H3. The summed E-state index contributed by atoms with van der Waals surface area (Å²) < 4.78 is 2.37. The van der Waals surface area contributed by atoms with Gasteiger partial charge in [-0.15, -0.1) is 11.3 Å². The fourth-order valence-electron chi connectivity index (χ4n) is 1.91. The Labute approximate surface area is 129 Å². The Morgan fingerprint density at radius 1 is 1.11 bits per heavy atom. The molecule has 0 aliphatic rings. The zero-order chi connectivity index (χ0) is 13.3. The third-order valence-electron chi connectivity index (χ3n) is 2.84. The van der Waals surface area contributed by atoms with Gasteiger partial charge in [-0.25, -0.2) is 0 Å². The number of thiophene rings is 1. The third kappa shape index (κ3) is 3.16. The van der Waals surface area contributed by atoms with Crippen LogP contribution in [0.1, 0.15) is 29.0 Å². The second-order valence-corrected chi connectivity index (χ2v) is 7.72.